The highest BCUT2D eigenvalue weighted by atomic mass is 32.2. The number of aromatic nitrogens is 1. The highest BCUT2D eigenvalue weighted by molar-refractivity contribution is 8.00. The number of amides is 1. The lowest BCUT2D eigenvalue weighted by Crippen LogP contribution is -2.50. The van der Waals surface area contributed by atoms with E-state index in [9.17, 15) is 4.79 Å². The van der Waals surface area contributed by atoms with Gasteiger partial charge in [-0.25, -0.2) is 0 Å². The molecule has 1 amide bonds. The Morgan fingerprint density at radius 1 is 1.30 bits per heavy atom. The van der Waals surface area contributed by atoms with Crippen LogP contribution in [-0.4, -0.2) is 40.7 Å². The lowest BCUT2D eigenvalue weighted by Gasteiger charge is -2.37. The van der Waals surface area contributed by atoms with Crippen LogP contribution < -0.4 is 5.32 Å². The molecule has 0 saturated carbocycles. The van der Waals surface area contributed by atoms with Crippen molar-refractivity contribution in [3.63, 3.8) is 0 Å². The summed E-state index contributed by atoms with van der Waals surface area (Å²) >= 11 is 1.62. The first-order valence-electron chi connectivity index (χ1n) is 7.88. The smallest absolute Gasteiger partial charge is 0.236 e. The summed E-state index contributed by atoms with van der Waals surface area (Å²) in [5.74, 6) is 0.189. The van der Waals surface area contributed by atoms with Crippen molar-refractivity contribution in [2.24, 2.45) is 0 Å². The summed E-state index contributed by atoms with van der Waals surface area (Å²) in [5, 5.41) is 3.28. The number of nitrogens with one attached hydrogen (secondary N) is 1. The molecule has 5 heteroatoms. The number of rotatable bonds is 4. The molecule has 1 aliphatic heterocycles. The van der Waals surface area contributed by atoms with Crippen LogP contribution in [0, 0.1) is 0 Å². The Labute approximate surface area is 141 Å². The minimum absolute atomic E-state index is 0.0590. The Kier molecular flexibility index (Phi) is 5.31. The molecule has 2 heterocycles. The second-order valence-corrected chi connectivity index (χ2v) is 7.03. The zero-order valence-corrected chi connectivity index (χ0v) is 14.0. The van der Waals surface area contributed by atoms with Gasteiger partial charge in [0, 0.05) is 36.9 Å². The third-order valence-corrected chi connectivity index (χ3v) is 5.10. The quantitative estimate of drug-likeness (QED) is 0.877. The molecule has 2 atom stereocenters. The number of carbonyl (C=O) groups is 1. The van der Waals surface area contributed by atoms with Crippen LogP contribution in [0.25, 0.3) is 0 Å². The van der Waals surface area contributed by atoms with Gasteiger partial charge in [0.2, 0.25) is 5.91 Å². The van der Waals surface area contributed by atoms with Crippen LogP contribution in [-0.2, 0) is 4.79 Å². The standard InChI is InChI=1S/C18H21N3OS/c1-14(23-16-7-3-2-4-8-16)18(22)21-11-10-20-13-17(21)15-6-5-9-19-12-15/h2-9,12,14,17,20H,10-11,13H2,1H3. The largest absolute Gasteiger partial charge is 0.332 e. The molecule has 23 heavy (non-hydrogen) atoms. The minimum atomic E-state index is -0.102. The average molecular weight is 327 g/mol. The van der Waals surface area contributed by atoms with Crippen molar-refractivity contribution >= 4 is 17.7 Å². The number of thioether (sulfide) groups is 1. The second kappa shape index (κ2) is 7.62. The van der Waals surface area contributed by atoms with E-state index in [1.165, 1.54) is 0 Å². The van der Waals surface area contributed by atoms with Crippen LogP contribution in [0.2, 0.25) is 0 Å². The average Bonchev–Trinajstić information content (AvgIpc) is 2.62. The first kappa shape index (κ1) is 16.0. The summed E-state index contributed by atoms with van der Waals surface area (Å²) in [7, 11) is 0. The van der Waals surface area contributed by atoms with Crippen LogP contribution in [0.1, 0.15) is 18.5 Å². The van der Waals surface area contributed by atoms with Crippen molar-refractivity contribution in [2.75, 3.05) is 19.6 Å². The van der Waals surface area contributed by atoms with Gasteiger partial charge < -0.3 is 10.2 Å². The van der Waals surface area contributed by atoms with Crippen LogP contribution in [0.4, 0.5) is 0 Å². The molecular weight excluding hydrogens is 306 g/mol. The van der Waals surface area contributed by atoms with Crippen LogP contribution in [0.5, 0.6) is 0 Å². The van der Waals surface area contributed by atoms with E-state index in [1.807, 2.05) is 60.5 Å². The summed E-state index contributed by atoms with van der Waals surface area (Å²) in [6.07, 6.45) is 3.62. The predicted octanol–water partition coefficient (Wildman–Crippen LogP) is 2.74. The fraction of sp³-hybridized carbons (Fsp3) is 0.333. The van der Waals surface area contributed by atoms with Crippen molar-refractivity contribution in [1.29, 1.82) is 0 Å². The normalized spacial score (nSPS) is 19.3. The fourth-order valence-corrected chi connectivity index (χ4v) is 3.78. The molecule has 1 fully saturated rings. The van der Waals surface area contributed by atoms with E-state index in [0.717, 1.165) is 30.1 Å². The molecular formula is C18H21N3OS. The molecule has 0 aliphatic carbocycles. The summed E-state index contributed by atoms with van der Waals surface area (Å²) in [4.78, 5) is 20.3. The number of benzene rings is 1. The van der Waals surface area contributed by atoms with Gasteiger partial charge in [-0.2, -0.15) is 0 Å². The molecule has 0 spiro atoms. The summed E-state index contributed by atoms with van der Waals surface area (Å²) in [6, 6.07) is 14.1. The maximum Gasteiger partial charge on any atom is 0.236 e. The lowest BCUT2D eigenvalue weighted by molar-refractivity contribution is -0.133. The van der Waals surface area contributed by atoms with Gasteiger partial charge in [0.15, 0.2) is 0 Å². The topological polar surface area (TPSA) is 45.2 Å². The van der Waals surface area contributed by atoms with Gasteiger partial charge in [0.05, 0.1) is 11.3 Å². The molecule has 1 aliphatic rings. The van der Waals surface area contributed by atoms with E-state index in [2.05, 4.69) is 10.3 Å². The van der Waals surface area contributed by atoms with Gasteiger partial charge in [-0.05, 0) is 30.7 Å². The molecule has 1 N–H and O–H groups in total. The molecule has 3 rings (SSSR count). The number of hydrogen-bond donors (Lipinski definition) is 1. The van der Waals surface area contributed by atoms with Crippen molar-refractivity contribution in [2.45, 2.75) is 23.1 Å². The molecule has 4 nitrogen and oxygen atoms in total. The first-order chi connectivity index (χ1) is 11.3. The Balaban J connectivity index is 1.73. The van der Waals surface area contributed by atoms with Gasteiger partial charge in [0.25, 0.3) is 0 Å². The van der Waals surface area contributed by atoms with E-state index in [4.69, 9.17) is 0 Å². The maximum absolute atomic E-state index is 12.9. The molecule has 1 aromatic heterocycles. The zero-order chi connectivity index (χ0) is 16.1. The number of piperazine rings is 1. The van der Waals surface area contributed by atoms with Gasteiger partial charge in [-0.15, -0.1) is 11.8 Å². The third kappa shape index (κ3) is 3.92. The maximum atomic E-state index is 12.9. The summed E-state index contributed by atoms with van der Waals surface area (Å²) in [5.41, 5.74) is 1.09. The Morgan fingerprint density at radius 3 is 2.87 bits per heavy atom. The number of pyridine rings is 1. The summed E-state index contributed by atoms with van der Waals surface area (Å²) < 4.78 is 0. The zero-order valence-electron chi connectivity index (χ0n) is 13.2. The number of nitrogens with zero attached hydrogens (tertiary/aromatic N) is 2. The van der Waals surface area contributed by atoms with E-state index < -0.39 is 0 Å². The monoisotopic (exact) mass is 327 g/mol. The van der Waals surface area contributed by atoms with Crippen molar-refractivity contribution < 1.29 is 4.79 Å². The SMILES string of the molecule is CC(Sc1ccccc1)C(=O)N1CCNCC1c1cccnc1. The molecule has 0 bridgehead atoms. The van der Waals surface area contributed by atoms with Crippen LogP contribution in [0.3, 0.4) is 0 Å². The fourth-order valence-electron chi connectivity index (χ4n) is 2.83. The predicted molar refractivity (Wildman–Crippen MR) is 93.3 cm³/mol. The molecule has 0 radical (unpaired) electrons. The van der Waals surface area contributed by atoms with Gasteiger partial charge >= 0.3 is 0 Å². The number of hydrogen-bond acceptors (Lipinski definition) is 4. The second-order valence-electron chi connectivity index (χ2n) is 5.61. The van der Waals surface area contributed by atoms with E-state index in [1.54, 1.807) is 18.0 Å². The molecule has 2 unspecified atom stereocenters. The molecule has 1 saturated heterocycles. The van der Waals surface area contributed by atoms with Gasteiger partial charge in [-0.1, -0.05) is 24.3 Å². The van der Waals surface area contributed by atoms with Crippen LogP contribution >= 0.6 is 11.8 Å². The van der Waals surface area contributed by atoms with Crippen molar-refractivity contribution in [1.82, 2.24) is 15.2 Å². The highest BCUT2D eigenvalue weighted by Crippen LogP contribution is 2.28. The Hall–Kier alpha value is -1.85. The van der Waals surface area contributed by atoms with Gasteiger partial charge in [-0.3, -0.25) is 9.78 Å². The molecule has 120 valence electrons. The molecule has 1 aromatic carbocycles. The highest BCUT2D eigenvalue weighted by Gasteiger charge is 2.31. The lowest BCUT2D eigenvalue weighted by atomic mass is 10.0. The van der Waals surface area contributed by atoms with E-state index in [0.29, 0.717) is 0 Å². The van der Waals surface area contributed by atoms with Crippen molar-refractivity contribution in [3.8, 4) is 0 Å². The minimum Gasteiger partial charge on any atom is -0.332 e. The number of carbonyl (C=O) groups excluding carboxylic acids is 1. The Morgan fingerprint density at radius 2 is 2.13 bits per heavy atom. The van der Waals surface area contributed by atoms with Gasteiger partial charge in [0.1, 0.15) is 0 Å². The van der Waals surface area contributed by atoms with Crippen LogP contribution in [0.15, 0.2) is 59.8 Å². The van der Waals surface area contributed by atoms with E-state index in [-0.39, 0.29) is 17.2 Å². The van der Waals surface area contributed by atoms with E-state index >= 15 is 0 Å². The Bertz CT molecular complexity index is 635. The first-order valence-corrected chi connectivity index (χ1v) is 8.76. The van der Waals surface area contributed by atoms with Crippen molar-refractivity contribution in [3.05, 3.63) is 60.4 Å². The molecule has 2 aromatic rings. The third-order valence-electron chi connectivity index (χ3n) is 4.00. The summed E-state index contributed by atoms with van der Waals surface area (Å²) in [6.45, 7) is 4.34.